The molecule has 0 fully saturated rings. The lowest BCUT2D eigenvalue weighted by atomic mass is 10.3. The molecule has 1 unspecified atom stereocenters. The highest BCUT2D eigenvalue weighted by Gasteiger charge is 2.08. The van der Waals surface area contributed by atoms with Gasteiger partial charge in [-0.25, -0.2) is 4.39 Å². The number of anilines is 1. The van der Waals surface area contributed by atoms with Crippen molar-refractivity contribution in [1.82, 2.24) is 0 Å². The highest BCUT2D eigenvalue weighted by atomic mass is 32.2. The lowest BCUT2D eigenvalue weighted by Gasteiger charge is -2.11. The molecule has 0 aromatic heterocycles. The molecule has 0 amide bonds. The molecule has 0 aliphatic rings. The second kappa shape index (κ2) is 5.22. The SMILES string of the molecule is CC(CCO)Sc1cccc(F)c1N. The van der Waals surface area contributed by atoms with Gasteiger partial charge in [-0.2, -0.15) is 0 Å². The van der Waals surface area contributed by atoms with Crippen molar-refractivity contribution in [2.45, 2.75) is 23.5 Å². The summed E-state index contributed by atoms with van der Waals surface area (Å²) in [5, 5.41) is 8.96. The fraction of sp³-hybridized carbons (Fsp3) is 0.400. The van der Waals surface area contributed by atoms with Gasteiger partial charge in [-0.1, -0.05) is 13.0 Å². The molecule has 1 rings (SSSR count). The van der Waals surface area contributed by atoms with Crippen LogP contribution in [-0.4, -0.2) is 17.0 Å². The molecule has 0 aliphatic carbocycles. The third kappa shape index (κ3) is 2.89. The van der Waals surface area contributed by atoms with E-state index in [1.807, 2.05) is 6.92 Å². The number of nitrogens with two attached hydrogens (primary N) is 1. The summed E-state index contributed by atoms with van der Waals surface area (Å²) < 4.78 is 13.0. The van der Waals surface area contributed by atoms with Crippen LogP contribution in [0.1, 0.15) is 13.3 Å². The molecule has 0 saturated carbocycles. The van der Waals surface area contributed by atoms with Crippen molar-refractivity contribution in [3.63, 3.8) is 0 Å². The summed E-state index contributed by atoms with van der Waals surface area (Å²) >= 11 is 1.48. The summed E-state index contributed by atoms with van der Waals surface area (Å²) in [5.74, 6) is -0.383. The van der Waals surface area contributed by atoms with Crippen molar-refractivity contribution < 1.29 is 9.50 Å². The number of hydrogen-bond acceptors (Lipinski definition) is 3. The van der Waals surface area contributed by atoms with Gasteiger partial charge >= 0.3 is 0 Å². The molecule has 14 heavy (non-hydrogen) atoms. The average molecular weight is 215 g/mol. The topological polar surface area (TPSA) is 46.2 Å². The van der Waals surface area contributed by atoms with E-state index in [4.69, 9.17) is 10.8 Å². The van der Waals surface area contributed by atoms with Crippen LogP contribution in [-0.2, 0) is 0 Å². The summed E-state index contributed by atoms with van der Waals surface area (Å²) in [6.07, 6.45) is 0.681. The lowest BCUT2D eigenvalue weighted by molar-refractivity contribution is 0.289. The normalized spacial score (nSPS) is 12.8. The number of thioether (sulfide) groups is 1. The Hall–Kier alpha value is -0.740. The Kier molecular flexibility index (Phi) is 4.22. The fourth-order valence-electron chi connectivity index (χ4n) is 1.08. The predicted octanol–water partition coefficient (Wildman–Crippen LogP) is 2.27. The number of para-hydroxylation sites is 1. The van der Waals surface area contributed by atoms with E-state index in [0.29, 0.717) is 6.42 Å². The standard InChI is InChI=1S/C10H14FNOS/c1-7(5-6-13)14-9-4-2-3-8(11)10(9)12/h2-4,7,13H,5-6,12H2,1H3. The number of rotatable bonds is 4. The fourth-order valence-corrected chi connectivity index (χ4v) is 2.12. The first-order valence-electron chi connectivity index (χ1n) is 4.46. The number of benzene rings is 1. The molecule has 0 saturated heterocycles. The number of aliphatic hydroxyl groups excluding tert-OH is 1. The van der Waals surface area contributed by atoms with Gasteiger partial charge in [-0.3, -0.25) is 0 Å². The van der Waals surface area contributed by atoms with Crippen LogP contribution >= 0.6 is 11.8 Å². The Labute approximate surface area is 87.3 Å². The summed E-state index contributed by atoms with van der Waals surface area (Å²) in [7, 11) is 0. The molecule has 0 heterocycles. The first kappa shape index (κ1) is 11.3. The van der Waals surface area contributed by atoms with E-state index < -0.39 is 0 Å². The molecule has 1 aromatic rings. The minimum Gasteiger partial charge on any atom is -0.396 e. The van der Waals surface area contributed by atoms with Gasteiger partial charge in [-0.15, -0.1) is 11.8 Å². The minimum atomic E-state index is -0.383. The van der Waals surface area contributed by atoms with Gasteiger partial charge in [0.1, 0.15) is 5.82 Å². The van der Waals surface area contributed by atoms with Crippen LogP contribution in [0.15, 0.2) is 23.1 Å². The minimum absolute atomic E-state index is 0.142. The van der Waals surface area contributed by atoms with Crippen LogP contribution in [0.2, 0.25) is 0 Å². The van der Waals surface area contributed by atoms with E-state index >= 15 is 0 Å². The highest BCUT2D eigenvalue weighted by Crippen LogP contribution is 2.31. The van der Waals surface area contributed by atoms with Crippen LogP contribution in [0.25, 0.3) is 0 Å². The number of nitrogen functional groups attached to an aromatic ring is 1. The molecule has 0 radical (unpaired) electrons. The molecule has 3 N–H and O–H groups in total. The molecular formula is C10H14FNOS. The summed E-state index contributed by atoms with van der Waals surface area (Å²) in [6.45, 7) is 2.12. The van der Waals surface area contributed by atoms with Crippen molar-refractivity contribution in [3.8, 4) is 0 Å². The lowest BCUT2D eigenvalue weighted by Crippen LogP contribution is -2.01. The van der Waals surface area contributed by atoms with Gasteiger partial charge in [0, 0.05) is 16.8 Å². The second-order valence-corrected chi connectivity index (χ2v) is 4.57. The zero-order valence-electron chi connectivity index (χ0n) is 8.03. The number of halogens is 1. The highest BCUT2D eigenvalue weighted by molar-refractivity contribution is 8.00. The summed E-state index contributed by atoms with van der Waals surface area (Å²) in [5.41, 5.74) is 5.77. The Morgan fingerprint density at radius 2 is 2.29 bits per heavy atom. The third-order valence-electron chi connectivity index (χ3n) is 1.88. The van der Waals surface area contributed by atoms with Crippen LogP contribution in [0.4, 0.5) is 10.1 Å². The zero-order chi connectivity index (χ0) is 10.6. The third-order valence-corrected chi connectivity index (χ3v) is 3.12. The molecule has 78 valence electrons. The molecule has 0 aliphatic heterocycles. The van der Waals surface area contributed by atoms with Crippen molar-refractivity contribution in [1.29, 1.82) is 0 Å². The molecule has 2 nitrogen and oxygen atoms in total. The van der Waals surface area contributed by atoms with Gasteiger partial charge in [0.05, 0.1) is 5.69 Å². The van der Waals surface area contributed by atoms with Crippen LogP contribution in [0.3, 0.4) is 0 Å². The Bertz CT molecular complexity index is 306. The monoisotopic (exact) mass is 215 g/mol. The van der Waals surface area contributed by atoms with Gasteiger partial charge in [0.2, 0.25) is 0 Å². The average Bonchev–Trinajstić information content (AvgIpc) is 2.13. The van der Waals surface area contributed by atoms with Crippen molar-refractivity contribution in [2.24, 2.45) is 0 Å². The van der Waals surface area contributed by atoms with Crippen LogP contribution < -0.4 is 5.73 Å². The van der Waals surface area contributed by atoms with E-state index in [1.165, 1.54) is 17.8 Å². The molecule has 0 spiro atoms. The van der Waals surface area contributed by atoms with Gasteiger partial charge in [0.15, 0.2) is 0 Å². The smallest absolute Gasteiger partial charge is 0.147 e. The van der Waals surface area contributed by atoms with E-state index in [-0.39, 0.29) is 23.4 Å². The first-order valence-corrected chi connectivity index (χ1v) is 5.34. The van der Waals surface area contributed by atoms with Gasteiger partial charge in [-0.05, 0) is 18.6 Å². The molecule has 1 aromatic carbocycles. The Morgan fingerprint density at radius 3 is 2.93 bits per heavy atom. The maximum Gasteiger partial charge on any atom is 0.147 e. The van der Waals surface area contributed by atoms with E-state index in [9.17, 15) is 4.39 Å². The Balaban J connectivity index is 2.71. The Morgan fingerprint density at radius 1 is 1.57 bits per heavy atom. The molecule has 1 atom stereocenters. The van der Waals surface area contributed by atoms with E-state index in [2.05, 4.69) is 0 Å². The molecule has 0 bridgehead atoms. The van der Waals surface area contributed by atoms with Crippen LogP contribution in [0, 0.1) is 5.82 Å². The maximum absolute atomic E-state index is 13.0. The van der Waals surface area contributed by atoms with E-state index in [1.54, 1.807) is 12.1 Å². The largest absolute Gasteiger partial charge is 0.396 e. The quantitative estimate of drug-likeness (QED) is 0.598. The summed E-state index contributed by atoms with van der Waals surface area (Å²) in [4.78, 5) is 0.742. The predicted molar refractivity (Wildman–Crippen MR) is 57.8 cm³/mol. The number of hydrogen-bond donors (Lipinski definition) is 2. The van der Waals surface area contributed by atoms with Crippen LogP contribution in [0.5, 0.6) is 0 Å². The molecule has 4 heteroatoms. The van der Waals surface area contributed by atoms with Crippen molar-refractivity contribution in [3.05, 3.63) is 24.0 Å². The maximum atomic E-state index is 13.0. The molecular weight excluding hydrogens is 201 g/mol. The van der Waals surface area contributed by atoms with Gasteiger partial charge in [0.25, 0.3) is 0 Å². The zero-order valence-corrected chi connectivity index (χ0v) is 8.85. The second-order valence-electron chi connectivity index (χ2n) is 3.09. The van der Waals surface area contributed by atoms with Crippen molar-refractivity contribution in [2.75, 3.05) is 12.3 Å². The first-order chi connectivity index (χ1) is 6.65. The summed E-state index contributed by atoms with van der Waals surface area (Å²) in [6, 6.07) is 4.77. The van der Waals surface area contributed by atoms with E-state index in [0.717, 1.165) is 4.90 Å². The van der Waals surface area contributed by atoms with Gasteiger partial charge < -0.3 is 10.8 Å². The van der Waals surface area contributed by atoms with Crippen molar-refractivity contribution >= 4 is 17.4 Å². The number of aliphatic hydroxyl groups is 1.